The lowest BCUT2D eigenvalue weighted by molar-refractivity contribution is -0.145. The minimum atomic E-state index is -1.07. The van der Waals surface area contributed by atoms with Gasteiger partial charge in [-0.15, -0.1) is 11.3 Å². The molecule has 10 heteroatoms. The lowest BCUT2D eigenvalue weighted by Crippen LogP contribution is -2.64. The van der Waals surface area contributed by atoms with Gasteiger partial charge in [0.15, 0.2) is 0 Å². The number of carboxylic acid groups (broad SMARTS) is 1. The molecule has 206 valence electrons. The Hall–Kier alpha value is -2.17. The van der Waals surface area contributed by atoms with Crippen molar-refractivity contribution in [3.63, 3.8) is 0 Å². The van der Waals surface area contributed by atoms with Gasteiger partial charge in [-0.25, -0.2) is 4.79 Å². The summed E-state index contributed by atoms with van der Waals surface area (Å²) in [5.74, 6) is 0.421. The number of rotatable bonds is 9. The molecule has 9 nitrogen and oxygen atoms in total. The number of aliphatic hydroxyl groups is 1. The number of nitrogens with zero attached hydrogens (tertiary/aromatic N) is 2. The average molecular weight is 535 g/mol. The Morgan fingerprint density at radius 3 is 2.43 bits per heavy atom. The summed E-state index contributed by atoms with van der Waals surface area (Å²) < 4.78 is 0. The first-order valence-corrected chi connectivity index (χ1v) is 14.8. The zero-order chi connectivity index (χ0) is 26.2. The van der Waals surface area contributed by atoms with Gasteiger partial charge in [0.05, 0.1) is 19.1 Å². The number of nitrogens with one attached hydrogen (secondary N) is 2. The van der Waals surface area contributed by atoms with E-state index in [9.17, 15) is 24.6 Å². The summed E-state index contributed by atoms with van der Waals surface area (Å²) in [6.45, 7) is 0.970. The van der Waals surface area contributed by atoms with E-state index in [1.807, 2.05) is 17.5 Å². The maximum Gasteiger partial charge on any atom is 0.407 e. The number of amides is 3. The monoisotopic (exact) mass is 534 g/mol. The standard InChI is InChI=1S/C27H42N4O5S/c32-18-20-8-10-21(11-9-20)29-23(15-19-5-2-1-3-6-19)26(34)31-13-12-30(27(35)36)17-24(31)25(33)28-16-22-7-4-14-37-22/h4,7,14,19-21,23-24,29,32H,1-3,5-6,8-13,15-18H2,(H,28,33)(H,35,36)/t20?,21?,23?,24-/m0/s1. The fraction of sp³-hybridized carbons (Fsp3) is 0.741. The van der Waals surface area contributed by atoms with Crippen molar-refractivity contribution in [2.45, 2.75) is 88.9 Å². The van der Waals surface area contributed by atoms with Gasteiger partial charge in [-0.3, -0.25) is 9.59 Å². The molecule has 1 unspecified atom stereocenters. The largest absolute Gasteiger partial charge is 0.465 e. The molecule has 3 aliphatic rings. The van der Waals surface area contributed by atoms with Crippen LogP contribution < -0.4 is 10.6 Å². The van der Waals surface area contributed by atoms with E-state index >= 15 is 0 Å². The SMILES string of the molecule is O=C(NCc1cccs1)[C@@H]1CN(C(=O)O)CCN1C(=O)C(CC1CCCCC1)NC1CCC(CO)CC1. The van der Waals surface area contributed by atoms with E-state index in [0.717, 1.165) is 49.8 Å². The Labute approximate surface area is 223 Å². The number of hydrogen-bond donors (Lipinski definition) is 4. The fourth-order valence-corrected chi connectivity index (χ4v) is 6.79. The Bertz CT molecular complexity index is 883. The molecule has 1 aromatic rings. The van der Waals surface area contributed by atoms with Crippen molar-refractivity contribution in [2.75, 3.05) is 26.2 Å². The number of aliphatic hydroxyl groups excluding tert-OH is 1. The molecule has 4 rings (SSSR count). The third-order valence-corrected chi connectivity index (χ3v) is 9.26. The van der Waals surface area contributed by atoms with Gasteiger partial charge in [0.1, 0.15) is 6.04 Å². The first-order valence-electron chi connectivity index (χ1n) is 13.9. The Morgan fingerprint density at radius 2 is 1.78 bits per heavy atom. The molecule has 0 radical (unpaired) electrons. The number of carbonyl (C=O) groups excluding carboxylic acids is 2. The Morgan fingerprint density at radius 1 is 1.03 bits per heavy atom. The van der Waals surface area contributed by atoms with Crippen LogP contribution in [0.25, 0.3) is 0 Å². The summed E-state index contributed by atoms with van der Waals surface area (Å²) in [5, 5.41) is 27.6. The van der Waals surface area contributed by atoms with Gasteiger partial charge in [0, 0.05) is 30.6 Å². The molecule has 1 aliphatic heterocycles. The lowest BCUT2D eigenvalue weighted by atomic mass is 9.83. The summed E-state index contributed by atoms with van der Waals surface area (Å²) in [7, 11) is 0. The second-order valence-corrected chi connectivity index (χ2v) is 12.0. The van der Waals surface area contributed by atoms with Crippen LogP contribution in [0.4, 0.5) is 4.79 Å². The smallest absolute Gasteiger partial charge is 0.407 e. The van der Waals surface area contributed by atoms with Gasteiger partial charge in [-0.2, -0.15) is 0 Å². The van der Waals surface area contributed by atoms with Crippen LogP contribution in [-0.2, 0) is 16.1 Å². The van der Waals surface area contributed by atoms with Gasteiger partial charge in [0.25, 0.3) is 0 Å². The first-order chi connectivity index (χ1) is 17.9. The Balaban J connectivity index is 1.48. The van der Waals surface area contributed by atoms with Gasteiger partial charge in [0.2, 0.25) is 11.8 Å². The molecule has 4 N–H and O–H groups in total. The minimum Gasteiger partial charge on any atom is -0.465 e. The van der Waals surface area contributed by atoms with Gasteiger partial charge < -0.3 is 30.6 Å². The summed E-state index contributed by atoms with van der Waals surface area (Å²) >= 11 is 1.54. The zero-order valence-electron chi connectivity index (χ0n) is 21.6. The van der Waals surface area contributed by atoms with Crippen LogP contribution in [0.2, 0.25) is 0 Å². The molecule has 1 saturated heterocycles. The van der Waals surface area contributed by atoms with Crippen LogP contribution in [0.3, 0.4) is 0 Å². The minimum absolute atomic E-state index is 0.0187. The van der Waals surface area contributed by atoms with Crippen LogP contribution in [0.15, 0.2) is 17.5 Å². The number of piperazine rings is 1. The van der Waals surface area contributed by atoms with E-state index in [4.69, 9.17) is 0 Å². The van der Waals surface area contributed by atoms with Crippen molar-refractivity contribution in [3.8, 4) is 0 Å². The van der Waals surface area contributed by atoms with Crippen molar-refractivity contribution in [3.05, 3.63) is 22.4 Å². The highest BCUT2D eigenvalue weighted by Crippen LogP contribution is 2.30. The maximum absolute atomic E-state index is 14.1. The normalized spacial score (nSPS) is 26.0. The van der Waals surface area contributed by atoms with Crippen LogP contribution in [0.5, 0.6) is 0 Å². The molecular formula is C27H42N4O5S. The number of carbonyl (C=O) groups is 3. The third-order valence-electron chi connectivity index (χ3n) is 8.39. The number of thiophene rings is 1. The summed E-state index contributed by atoms with van der Waals surface area (Å²) in [5.41, 5.74) is 0. The van der Waals surface area contributed by atoms with E-state index < -0.39 is 12.1 Å². The number of hydrogen-bond acceptors (Lipinski definition) is 6. The summed E-state index contributed by atoms with van der Waals surface area (Å²) in [6.07, 6.45) is 9.32. The predicted molar refractivity (Wildman–Crippen MR) is 142 cm³/mol. The molecule has 37 heavy (non-hydrogen) atoms. The van der Waals surface area contributed by atoms with E-state index in [1.54, 1.807) is 16.2 Å². The van der Waals surface area contributed by atoms with Crippen molar-refractivity contribution in [1.82, 2.24) is 20.4 Å². The Kier molecular flexibility index (Phi) is 10.2. The predicted octanol–water partition coefficient (Wildman–Crippen LogP) is 3.03. The molecule has 2 aliphatic carbocycles. The van der Waals surface area contributed by atoms with Crippen LogP contribution in [-0.4, -0.2) is 82.3 Å². The average Bonchev–Trinajstić information content (AvgIpc) is 3.45. The molecule has 3 fully saturated rings. The van der Waals surface area contributed by atoms with Crippen LogP contribution >= 0.6 is 11.3 Å². The molecule has 0 spiro atoms. The van der Waals surface area contributed by atoms with Gasteiger partial charge in [-0.05, 0) is 55.4 Å². The lowest BCUT2D eigenvalue weighted by Gasteiger charge is -2.42. The second-order valence-electron chi connectivity index (χ2n) is 10.9. The second kappa shape index (κ2) is 13.6. The highest BCUT2D eigenvalue weighted by molar-refractivity contribution is 7.09. The first kappa shape index (κ1) is 27.9. The topological polar surface area (TPSA) is 122 Å². The van der Waals surface area contributed by atoms with Crippen molar-refractivity contribution in [1.29, 1.82) is 0 Å². The summed E-state index contributed by atoms with van der Waals surface area (Å²) in [6, 6.07) is 2.84. The van der Waals surface area contributed by atoms with Crippen molar-refractivity contribution >= 4 is 29.2 Å². The third kappa shape index (κ3) is 7.67. The van der Waals surface area contributed by atoms with Gasteiger partial charge >= 0.3 is 6.09 Å². The molecule has 0 bridgehead atoms. The van der Waals surface area contributed by atoms with Crippen LogP contribution in [0, 0.1) is 11.8 Å². The quantitative estimate of drug-likeness (QED) is 0.386. The van der Waals surface area contributed by atoms with Crippen molar-refractivity contribution < 1.29 is 24.6 Å². The van der Waals surface area contributed by atoms with Crippen LogP contribution in [0.1, 0.15) is 69.1 Å². The molecule has 2 heterocycles. The van der Waals surface area contributed by atoms with E-state index in [2.05, 4.69) is 10.6 Å². The van der Waals surface area contributed by atoms with Gasteiger partial charge in [-0.1, -0.05) is 38.2 Å². The summed E-state index contributed by atoms with van der Waals surface area (Å²) in [4.78, 5) is 42.9. The maximum atomic E-state index is 14.1. The molecule has 3 amide bonds. The molecule has 2 atom stereocenters. The molecule has 1 aromatic heterocycles. The van der Waals surface area contributed by atoms with Crippen molar-refractivity contribution in [2.24, 2.45) is 11.8 Å². The van der Waals surface area contributed by atoms with E-state index in [0.29, 0.717) is 18.4 Å². The van der Waals surface area contributed by atoms with E-state index in [-0.39, 0.29) is 50.1 Å². The zero-order valence-corrected chi connectivity index (χ0v) is 22.5. The van der Waals surface area contributed by atoms with E-state index in [1.165, 1.54) is 24.2 Å². The molecule has 2 saturated carbocycles. The molecular weight excluding hydrogens is 492 g/mol. The molecule has 0 aromatic carbocycles. The highest BCUT2D eigenvalue weighted by atomic mass is 32.1. The fourth-order valence-electron chi connectivity index (χ4n) is 6.14. The highest BCUT2D eigenvalue weighted by Gasteiger charge is 2.40.